The van der Waals surface area contributed by atoms with Crippen LogP contribution in [0.2, 0.25) is 0 Å². The Bertz CT molecular complexity index is 344. The average Bonchev–Trinajstić information content (AvgIpc) is 2.74. The Hall–Kier alpha value is -0.940. The molecule has 0 radical (unpaired) electrons. The highest BCUT2D eigenvalue weighted by atomic mass is 32.2. The van der Waals surface area contributed by atoms with Crippen molar-refractivity contribution < 1.29 is 9.21 Å². The van der Waals surface area contributed by atoms with Crippen LogP contribution in [-0.2, 0) is 11.3 Å². The second-order valence-corrected chi connectivity index (χ2v) is 6.07. The lowest BCUT2D eigenvalue weighted by molar-refractivity contribution is -0.120. The van der Waals surface area contributed by atoms with Crippen LogP contribution >= 0.6 is 11.8 Å². The Labute approximate surface area is 106 Å². The van der Waals surface area contributed by atoms with E-state index in [4.69, 9.17) is 10.2 Å². The molecule has 1 atom stereocenters. The molecular formula is C12H20N2O2S. The SMILES string of the molecule is CC(SCC(C)(C)N)C(=O)NCc1ccco1. The van der Waals surface area contributed by atoms with Crippen molar-refractivity contribution in [3.8, 4) is 0 Å². The maximum Gasteiger partial charge on any atom is 0.233 e. The van der Waals surface area contributed by atoms with E-state index in [1.807, 2.05) is 26.8 Å². The minimum atomic E-state index is -0.250. The molecule has 5 heteroatoms. The van der Waals surface area contributed by atoms with Crippen LogP contribution in [0.1, 0.15) is 26.5 Å². The first-order chi connectivity index (χ1) is 7.88. The Morgan fingerprint density at radius 2 is 2.35 bits per heavy atom. The Morgan fingerprint density at radius 3 is 2.88 bits per heavy atom. The fourth-order valence-corrected chi connectivity index (χ4v) is 2.06. The number of nitrogens with one attached hydrogen (secondary N) is 1. The van der Waals surface area contributed by atoms with Gasteiger partial charge in [0.1, 0.15) is 5.76 Å². The van der Waals surface area contributed by atoms with Crippen molar-refractivity contribution in [3.63, 3.8) is 0 Å². The number of carbonyl (C=O) groups is 1. The van der Waals surface area contributed by atoms with E-state index >= 15 is 0 Å². The van der Waals surface area contributed by atoms with Gasteiger partial charge in [-0.05, 0) is 32.9 Å². The lowest BCUT2D eigenvalue weighted by atomic mass is 10.1. The topological polar surface area (TPSA) is 68.3 Å². The third kappa shape index (κ3) is 5.79. The molecule has 0 fully saturated rings. The summed E-state index contributed by atoms with van der Waals surface area (Å²) in [5.74, 6) is 1.52. The standard InChI is InChI=1S/C12H20N2O2S/c1-9(17-8-12(2,3)13)11(15)14-7-10-5-4-6-16-10/h4-6,9H,7-8,13H2,1-3H3,(H,14,15). The molecule has 0 aliphatic heterocycles. The van der Waals surface area contributed by atoms with Crippen molar-refractivity contribution in [3.05, 3.63) is 24.2 Å². The van der Waals surface area contributed by atoms with E-state index in [0.717, 1.165) is 11.5 Å². The van der Waals surface area contributed by atoms with Gasteiger partial charge in [0.2, 0.25) is 5.91 Å². The van der Waals surface area contributed by atoms with Crippen LogP contribution in [0.3, 0.4) is 0 Å². The summed E-state index contributed by atoms with van der Waals surface area (Å²) in [7, 11) is 0. The third-order valence-electron chi connectivity index (χ3n) is 2.09. The van der Waals surface area contributed by atoms with Gasteiger partial charge in [-0.2, -0.15) is 0 Å². The largest absolute Gasteiger partial charge is 0.467 e. The monoisotopic (exact) mass is 256 g/mol. The molecular weight excluding hydrogens is 236 g/mol. The van der Waals surface area contributed by atoms with E-state index in [1.165, 1.54) is 0 Å². The summed E-state index contributed by atoms with van der Waals surface area (Å²) in [6.07, 6.45) is 1.59. The van der Waals surface area contributed by atoms with Gasteiger partial charge < -0.3 is 15.5 Å². The molecule has 1 aromatic rings. The Kier molecular flexibility index (Phi) is 5.08. The quantitative estimate of drug-likeness (QED) is 0.813. The molecule has 0 aliphatic carbocycles. The van der Waals surface area contributed by atoms with Crippen molar-refractivity contribution in [2.24, 2.45) is 5.73 Å². The van der Waals surface area contributed by atoms with Crippen LogP contribution in [0.25, 0.3) is 0 Å². The summed E-state index contributed by atoms with van der Waals surface area (Å²) >= 11 is 1.56. The fourth-order valence-electron chi connectivity index (χ4n) is 1.15. The summed E-state index contributed by atoms with van der Waals surface area (Å²) in [5.41, 5.74) is 5.62. The molecule has 0 saturated heterocycles. The zero-order valence-electron chi connectivity index (χ0n) is 10.5. The van der Waals surface area contributed by atoms with Crippen LogP contribution < -0.4 is 11.1 Å². The first-order valence-electron chi connectivity index (χ1n) is 5.59. The lowest BCUT2D eigenvalue weighted by Gasteiger charge is -2.20. The summed E-state index contributed by atoms with van der Waals surface area (Å²) < 4.78 is 5.14. The highest BCUT2D eigenvalue weighted by molar-refractivity contribution is 8.00. The number of hydrogen-bond donors (Lipinski definition) is 2. The molecule has 96 valence electrons. The average molecular weight is 256 g/mol. The predicted molar refractivity (Wildman–Crippen MR) is 70.7 cm³/mol. The van der Waals surface area contributed by atoms with Gasteiger partial charge in [-0.15, -0.1) is 11.8 Å². The minimum absolute atomic E-state index is 0.00986. The van der Waals surface area contributed by atoms with Crippen LogP contribution in [0.5, 0.6) is 0 Å². The highest BCUT2D eigenvalue weighted by Crippen LogP contribution is 2.16. The first kappa shape index (κ1) is 14.1. The lowest BCUT2D eigenvalue weighted by Crippen LogP contribution is -2.37. The maximum absolute atomic E-state index is 11.7. The number of carbonyl (C=O) groups excluding carboxylic acids is 1. The molecule has 0 spiro atoms. The maximum atomic E-state index is 11.7. The van der Waals surface area contributed by atoms with Gasteiger partial charge in [-0.1, -0.05) is 0 Å². The Morgan fingerprint density at radius 1 is 1.65 bits per heavy atom. The van der Waals surface area contributed by atoms with Gasteiger partial charge >= 0.3 is 0 Å². The molecule has 0 saturated carbocycles. The number of thioether (sulfide) groups is 1. The van der Waals surface area contributed by atoms with Gasteiger partial charge in [-0.25, -0.2) is 0 Å². The van der Waals surface area contributed by atoms with Crippen LogP contribution in [0, 0.1) is 0 Å². The van der Waals surface area contributed by atoms with Gasteiger partial charge in [0.25, 0.3) is 0 Å². The van der Waals surface area contributed by atoms with Gasteiger partial charge in [0, 0.05) is 11.3 Å². The molecule has 4 nitrogen and oxygen atoms in total. The summed E-state index contributed by atoms with van der Waals surface area (Å²) in [5, 5.41) is 2.72. The second kappa shape index (κ2) is 6.12. The number of amides is 1. The zero-order chi connectivity index (χ0) is 12.9. The van der Waals surface area contributed by atoms with E-state index in [0.29, 0.717) is 6.54 Å². The molecule has 17 heavy (non-hydrogen) atoms. The van der Waals surface area contributed by atoms with Crippen molar-refractivity contribution in [1.82, 2.24) is 5.32 Å². The molecule has 1 heterocycles. The molecule has 0 aliphatic rings. The van der Waals surface area contributed by atoms with Crippen molar-refractivity contribution in [1.29, 1.82) is 0 Å². The number of hydrogen-bond acceptors (Lipinski definition) is 4. The first-order valence-corrected chi connectivity index (χ1v) is 6.64. The van der Waals surface area contributed by atoms with E-state index in [2.05, 4.69) is 5.32 Å². The molecule has 1 rings (SSSR count). The van der Waals surface area contributed by atoms with E-state index < -0.39 is 0 Å². The van der Waals surface area contributed by atoms with Crippen LogP contribution in [-0.4, -0.2) is 22.4 Å². The van der Waals surface area contributed by atoms with Crippen LogP contribution in [0.4, 0.5) is 0 Å². The molecule has 3 N–H and O–H groups in total. The predicted octanol–water partition coefficient (Wildman–Crippen LogP) is 1.75. The number of rotatable bonds is 6. The molecule has 0 bridgehead atoms. The smallest absolute Gasteiger partial charge is 0.233 e. The van der Waals surface area contributed by atoms with Gasteiger partial charge in [0.15, 0.2) is 0 Å². The van der Waals surface area contributed by atoms with Gasteiger partial charge in [0.05, 0.1) is 18.1 Å². The number of furan rings is 1. The van der Waals surface area contributed by atoms with Gasteiger partial charge in [-0.3, -0.25) is 4.79 Å². The highest BCUT2D eigenvalue weighted by Gasteiger charge is 2.18. The van der Waals surface area contributed by atoms with Crippen molar-refractivity contribution >= 4 is 17.7 Å². The van der Waals surface area contributed by atoms with Crippen molar-refractivity contribution in [2.75, 3.05) is 5.75 Å². The molecule has 1 amide bonds. The minimum Gasteiger partial charge on any atom is -0.467 e. The summed E-state index contributed by atoms with van der Waals surface area (Å²) in [6.45, 7) is 6.22. The zero-order valence-corrected chi connectivity index (χ0v) is 11.3. The molecule has 0 aromatic carbocycles. The summed E-state index contributed by atoms with van der Waals surface area (Å²) in [4.78, 5) is 11.7. The van der Waals surface area contributed by atoms with Crippen LogP contribution in [0.15, 0.2) is 22.8 Å². The summed E-state index contributed by atoms with van der Waals surface area (Å²) in [6, 6.07) is 3.64. The normalized spacial score (nSPS) is 13.4. The fraction of sp³-hybridized carbons (Fsp3) is 0.583. The third-order valence-corrected chi connectivity index (χ3v) is 3.72. The van der Waals surface area contributed by atoms with E-state index in [1.54, 1.807) is 24.1 Å². The second-order valence-electron chi connectivity index (χ2n) is 4.74. The Balaban J connectivity index is 2.27. The van der Waals surface area contributed by atoms with E-state index in [9.17, 15) is 4.79 Å². The molecule has 1 aromatic heterocycles. The molecule has 1 unspecified atom stereocenters. The van der Waals surface area contributed by atoms with Crippen molar-refractivity contribution in [2.45, 2.75) is 38.1 Å². The number of nitrogens with two attached hydrogens (primary N) is 1. The van der Waals surface area contributed by atoms with E-state index in [-0.39, 0.29) is 16.7 Å².